The van der Waals surface area contributed by atoms with E-state index in [0.29, 0.717) is 5.88 Å². The van der Waals surface area contributed by atoms with E-state index >= 15 is 0 Å². The fourth-order valence-corrected chi connectivity index (χ4v) is 3.17. The number of nitrogens with zero attached hydrogens (tertiary/aromatic N) is 3. The van der Waals surface area contributed by atoms with E-state index in [9.17, 15) is 0 Å². The maximum atomic E-state index is 5.88. The lowest BCUT2D eigenvalue weighted by atomic mass is 9.55. The highest BCUT2D eigenvalue weighted by molar-refractivity contribution is 6.99. The van der Waals surface area contributed by atoms with Crippen LogP contribution < -0.4 is 4.74 Å². The molecule has 0 saturated carbocycles. The summed E-state index contributed by atoms with van der Waals surface area (Å²) in [4.78, 5) is 2.37. The number of hydrogen-bond acceptors (Lipinski definition) is 5. The van der Waals surface area contributed by atoms with Crippen molar-refractivity contribution in [2.24, 2.45) is 0 Å². The van der Waals surface area contributed by atoms with Gasteiger partial charge in [-0.1, -0.05) is 32.3 Å². The molecule has 4 nitrogen and oxygen atoms in total. The van der Waals surface area contributed by atoms with Crippen molar-refractivity contribution in [1.29, 1.82) is 0 Å². The number of aromatic nitrogens is 2. The number of hydrogen-bond donors (Lipinski definition) is 0. The second-order valence-corrected chi connectivity index (χ2v) is 6.74. The monoisotopic (exact) mass is 305 g/mol. The zero-order valence-electron chi connectivity index (χ0n) is 13.7. The van der Waals surface area contributed by atoms with E-state index in [1.165, 1.54) is 36.6 Å². The van der Waals surface area contributed by atoms with Crippen LogP contribution in [0, 0.1) is 0 Å². The van der Waals surface area contributed by atoms with Gasteiger partial charge < -0.3 is 9.64 Å². The van der Waals surface area contributed by atoms with Gasteiger partial charge in [-0.05, 0) is 30.8 Å². The smallest absolute Gasteiger partial charge is 0.253 e. The first kappa shape index (κ1) is 16.6. The molecule has 0 saturated heterocycles. The highest BCUT2D eigenvalue weighted by Gasteiger charge is 2.34. The summed E-state index contributed by atoms with van der Waals surface area (Å²) < 4.78 is 14.7. The SMILES string of the molecule is BC1(B)C(c2nsnc2OCCCCCC)=CCCN1C. The molecular formula is C14H25B2N3OS. The van der Waals surface area contributed by atoms with Crippen LogP contribution in [0.4, 0.5) is 0 Å². The van der Waals surface area contributed by atoms with Gasteiger partial charge in [-0.15, -0.1) is 4.37 Å². The van der Waals surface area contributed by atoms with Gasteiger partial charge in [0.15, 0.2) is 0 Å². The zero-order chi connectivity index (χ0) is 15.3. The number of unbranched alkanes of at least 4 members (excludes halogenated alkanes) is 3. The minimum Gasteiger partial charge on any atom is -0.475 e. The van der Waals surface area contributed by atoms with Gasteiger partial charge in [-0.3, -0.25) is 0 Å². The van der Waals surface area contributed by atoms with Gasteiger partial charge in [-0.25, -0.2) is 0 Å². The van der Waals surface area contributed by atoms with E-state index in [4.69, 9.17) is 4.74 Å². The molecule has 0 unspecified atom stereocenters. The van der Waals surface area contributed by atoms with Gasteiger partial charge >= 0.3 is 0 Å². The molecule has 1 aromatic rings. The van der Waals surface area contributed by atoms with Crippen molar-refractivity contribution in [3.8, 4) is 5.88 Å². The number of likely N-dealkylation sites (N-methyl/N-ethyl adjacent to an activating group) is 1. The van der Waals surface area contributed by atoms with Crippen LogP contribution in [0.5, 0.6) is 5.88 Å². The molecule has 0 spiro atoms. The second-order valence-electron chi connectivity index (χ2n) is 6.21. The van der Waals surface area contributed by atoms with Gasteiger partial charge in [0.05, 0.1) is 18.3 Å². The summed E-state index contributed by atoms with van der Waals surface area (Å²) in [5.74, 6) is 0.714. The van der Waals surface area contributed by atoms with Crippen molar-refractivity contribution in [1.82, 2.24) is 13.6 Å². The molecule has 0 N–H and O–H groups in total. The maximum Gasteiger partial charge on any atom is 0.253 e. The molecule has 0 amide bonds. The molecule has 0 atom stereocenters. The average molecular weight is 305 g/mol. The summed E-state index contributed by atoms with van der Waals surface area (Å²) in [7, 11) is 6.64. The van der Waals surface area contributed by atoms with Crippen molar-refractivity contribution in [3.05, 3.63) is 11.8 Å². The minimum absolute atomic E-state index is 0.0195. The molecule has 1 aliphatic heterocycles. The van der Waals surface area contributed by atoms with Crippen LogP contribution in [0.3, 0.4) is 0 Å². The Bertz CT molecular complexity index is 490. The highest BCUT2D eigenvalue weighted by Crippen LogP contribution is 2.35. The second kappa shape index (κ2) is 7.45. The predicted molar refractivity (Wildman–Crippen MR) is 94.6 cm³/mol. The molecule has 2 heterocycles. The molecule has 114 valence electrons. The van der Waals surface area contributed by atoms with Gasteiger partial charge in [0.2, 0.25) is 0 Å². The van der Waals surface area contributed by atoms with E-state index in [-0.39, 0.29) is 5.34 Å². The van der Waals surface area contributed by atoms with E-state index in [0.717, 1.165) is 31.7 Å². The van der Waals surface area contributed by atoms with Crippen molar-refractivity contribution in [2.45, 2.75) is 44.4 Å². The van der Waals surface area contributed by atoms with Crippen LogP contribution in [0.1, 0.15) is 44.7 Å². The Hall–Kier alpha value is -0.810. The third-order valence-corrected chi connectivity index (χ3v) is 4.89. The Balaban J connectivity index is 2.04. The lowest BCUT2D eigenvalue weighted by molar-refractivity contribution is 0.291. The van der Waals surface area contributed by atoms with E-state index < -0.39 is 0 Å². The normalized spacial score (nSPS) is 18.5. The Kier molecular flexibility index (Phi) is 5.88. The molecule has 0 aromatic carbocycles. The molecule has 7 heteroatoms. The lowest BCUT2D eigenvalue weighted by Gasteiger charge is -2.41. The standard InChI is InChI=1S/C14H25B2N3OS/c1-3-4-5-6-10-20-13-12(17-21-18-13)11-8-7-9-19(2)14(11,15)16/h8H,3-7,9-10,15-16H2,1-2H3. The van der Waals surface area contributed by atoms with Gasteiger partial charge in [-0.2, -0.15) is 4.37 Å². The van der Waals surface area contributed by atoms with Crippen LogP contribution in [-0.4, -0.2) is 54.9 Å². The minimum atomic E-state index is -0.0195. The molecule has 2 rings (SSSR count). The van der Waals surface area contributed by atoms with Crippen LogP contribution in [0.2, 0.25) is 0 Å². The summed E-state index contributed by atoms with van der Waals surface area (Å²) in [6.45, 7) is 4.04. The van der Waals surface area contributed by atoms with Gasteiger partial charge in [0, 0.05) is 6.54 Å². The predicted octanol–water partition coefficient (Wildman–Crippen LogP) is 1.14. The maximum absolute atomic E-state index is 5.88. The first-order valence-corrected chi connectivity index (χ1v) is 8.68. The third kappa shape index (κ3) is 3.89. The van der Waals surface area contributed by atoms with Crippen molar-refractivity contribution >= 4 is 33.0 Å². The topological polar surface area (TPSA) is 38.3 Å². The fraction of sp³-hybridized carbons (Fsp3) is 0.714. The zero-order valence-corrected chi connectivity index (χ0v) is 14.5. The largest absolute Gasteiger partial charge is 0.475 e. The lowest BCUT2D eigenvalue weighted by Crippen LogP contribution is -2.51. The Morgan fingerprint density at radius 2 is 2.14 bits per heavy atom. The van der Waals surface area contributed by atoms with Crippen LogP contribution in [-0.2, 0) is 0 Å². The summed E-state index contributed by atoms with van der Waals surface area (Å²) >= 11 is 1.25. The summed E-state index contributed by atoms with van der Waals surface area (Å²) in [6.07, 6.45) is 8.18. The molecule has 0 radical (unpaired) electrons. The molecule has 1 aliphatic rings. The Morgan fingerprint density at radius 1 is 1.33 bits per heavy atom. The Labute approximate surface area is 134 Å². The highest BCUT2D eigenvalue weighted by atomic mass is 32.1. The van der Waals surface area contributed by atoms with E-state index in [1.807, 2.05) is 0 Å². The molecule has 0 fully saturated rings. The fourth-order valence-electron chi connectivity index (χ4n) is 2.66. The molecular weight excluding hydrogens is 280 g/mol. The number of rotatable bonds is 7. The Morgan fingerprint density at radius 3 is 2.90 bits per heavy atom. The molecule has 0 bridgehead atoms. The number of ether oxygens (including phenoxy) is 1. The van der Waals surface area contributed by atoms with Gasteiger partial charge in [0.25, 0.3) is 5.88 Å². The van der Waals surface area contributed by atoms with Crippen molar-refractivity contribution in [2.75, 3.05) is 20.2 Å². The van der Waals surface area contributed by atoms with Gasteiger partial charge in [0.1, 0.15) is 21.4 Å². The van der Waals surface area contributed by atoms with Crippen LogP contribution >= 0.6 is 11.7 Å². The van der Waals surface area contributed by atoms with E-state index in [2.05, 4.69) is 49.4 Å². The molecule has 0 aliphatic carbocycles. The average Bonchev–Trinajstić information content (AvgIpc) is 2.90. The van der Waals surface area contributed by atoms with Crippen molar-refractivity contribution in [3.63, 3.8) is 0 Å². The summed E-state index contributed by atoms with van der Waals surface area (Å²) in [5.41, 5.74) is 2.18. The first-order chi connectivity index (χ1) is 10.1. The third-order valence-electron chi connectivity index (χ3n) is 4.38. The molecule has 21 heavy (non-hydrogen) atoms. The van der Waals surface area contributed by atoms with E-state index in [1.54, 1.807) is 0 Å². The molecule has 1 aromatic heterocycles. The first-order valence-electron chi connectivity index (χ1n) is 7.95. The van der Waals surface area contributed by atoms with Crippen molar-refractivity contribution < 1.29 is 4.74 Å². The van der Waals surface area contributed by atoms with Crippen LogP contribution in [0.15, 0.2) is 6.08 Å². The summed E-state index contributed by atoms with van der Waals surface area (Å²) in [6, 6.07) is 0. The quantitative estimate of drug-likeness (QED) is 0.559. The van der Waals surface area contributed by atoms with Crippen LogP contribution in [0.25, 0.3) is 5.57 Å². The summed E-state index contributed by atoms with van der Waals surface area (Å²) in [5, 5.41) is -0.0195.